The van der Waals surface area contributed by atoms with Gasteiger partial charge in [-0.3, -0.25) is 0 Å². The third-order valence-corrected chi connectivity index (χ3v) is 3.06. The number of aromatic nitrogens is 2. The van der Waals surface area contributed by atoms with Crippen molar-refractivity contribution in [2.45, 2.75) is 26.0 Å². The third-order valence-electron chi connectivity index (χ3n) is 2.80. The van der Waals surface area contributed by atoms with Crippen LogP contribution < -0.4 is 5.32 Å². The highest BCUT2D eigenvalue weighted by Gasteiger charge is 2.25. The molecule has 1 aromatic carbocycles. The van der Waals surface area contributed by atoms with Gasteiger partial charge < -0.3 is 14.6 Å². The summed E-state index contributed by atoms with van der Waals surface area (Å²) in [6.07, 6.45) is 0. The Bertz CT molecular complexity index is 537. The highest BCUT2D eigenvalue weighted by Crippen LogP contribution is 2.20. The molecule has 1 heterocycles. The molecular formula is C13H16ClN3O2. The largest absolute Gasteiger partial charge is 0.376 e. The molecule has 0 saturated carbocycles. The first-order chi connectivity index (χ1) is 9.01. The molecule has 19 heavy (non-hydrogen) atoms. The third kappa shape index (κ3) is 3.45. The fraction of sp³-hybridized carbons (Fsp3) is 0.385. The van der Waals surface area contributed by atoms with Gasteiger partial charge in [-0.1, -0.05) is 16.8 Å². The van der Waals surface area contributed by atoms with Gasteiger partial charge in [0.1, 0.15) is 5.60 Å². The monoisotopic (exact) mass is 281 g/mol. The molecular weight excluding hydrogens is 266 g/mol. The zero-order chi connectivity index (χ0) is 13.9. The van der Waals surface area contributed by atoms with Gasteiger partial charge in [0.2, 0.25) is 11.7 Å². The smallest absolute Gasteiger partial charge is 0.246 e. The van der Waals surface area contributed by atoms with Crippen molar-refractivity contribution in [1.29, 1.82) is 0 Å². The zero-order valence-electron chi connectivity index (χ0n) is 11.1. The molecule has 0 aliphatic carbocycles. The molecule has 0 bridgehead atoms. The van der Waals surface area contributed by atoms with Gasteiger partial charge in [-0.25, -0.2) is 0 Å². The average molecular weight is 282 g/mol. The van der Waals surface area contributed by atoms with E-state index in [1.807, 2.05) is 38.1 Å². The molecule has 0 unspecified atom stereocenters. The van der Waals surface area contributed by atoms with Crippen LogP contribution >= 0.6 is 11.6 Å². The van der Waals surface area contributed by atoms with Crippen LogP contribution in [-0.2, 0) is 16.9 Å². The number of nitrogens with zero attached hydrogens (tertiary/aromatic N) is 2. The quantitative estimate of drug-likeness (QED) is 0.912. The van der Waals surface area contributed by atoms with Crippen LogP contribution in [0.2, 0.25) is 5.02 Å². The number of rotatable bonds is 5. The van der Waals surface area contributed by atoms with E-state index < -0.39 is 5.60 Å². The molecule has 0 spiro atoms. The Labute approximate surface area is 116 Å². The highest BCUT2D eigenvalue weighted by molar-refractivity contribution is 6.30. The fourth-order valence-electron chi connectivity index (χ4n) is 1.41. The summed E-state index contributed by atoms with van der Waals surface area (Å²) >= 11 is 5.82. The maximum atomic E-state index is 5.82. The van der Waals surface area contributed by atoms with Gasteiger partial charge >= 0.3 is 0 Å². The molecule has 0 fully saturated rings. The SMILES string of the molecule is COC(C)(C)c1noc(CNc2ccc(Cl)cc2)n1. The van der Waals surface area contributed by atoms with Crippen molar-refractivity contribution in [3.8, 4) is 0 Å². The molecule has 102 valence electrons. The minimum absolute atomic E-state index is 0.453. The molecule has 0 saturated heterocycles. The Morgan fingerprint density at radius 3 is 2.63 bits per heavy atom. The van der Waals surface area contributed by atoms with Crippen molar-refractivity contribution in [1.82, 2.24) is 10.1 Å². The number of hydrogen-bond acceptors (Lipinski definition) is 5. The van der Waals surface area contributed by atoms with E-state index in [0.717, 1.165) is 5.69 Å². The Morgan fingerprint density at radius 1 is 1.32 bits per heavy atom. The van der Waals surface area contributed by atoms with Crippen LogP contribution in [0.4, 0.5) is 5.69 Å². The van der Waals surface area contributed by atoms with Crippen molar-refractivity contribution in [3.63, 3.8) is 0 Å². The second kappa shape index (κ2) is 5.59. The summed E-state index contributed by atoms with van der Waals surface area (Å²) in [6.45, 7) is 4.22. The number of ether oxygens (including phenoxy) is 1. The minimum atomic E-state index is -0.554. The summed E-state index contributed by atoms with van der Waals surface area (Å²) in [5, 5.41) is 7.79. The normalized spacial score (nSPS) is 11.6. The molecule has 0 atom stereocenters. The maximum Gasteiger partial charge on any atom is 0.246 e. The van der Waals surface area contributed by atoms with Crippen molar-refractivity contribution >= 4 is 17.3 Å². The van der Waals surface area contributed by atoms with Crippen molar-refractivity contribution in [2.24, 2.45) is 0 Å². The van der Waals surface area contributed by atoms with E-state index in [-0.39, 0.29) is 0 Å². The molecule has 1 N–H and O–H groups in total. The summed E-state index contributed by atoms with van der Waals surface area (Å²) in [5.41, 5.74) is 0.386. The summed E-state index contributed by atoms with van der Waals surface area (Å²) in [5.74, 6) is 1.04. The lowest BCUT2D eigenvalue weighted by Gasteiger charge is -2.17. The van der Waals surface area contributed by atoms with Gasteiger partial charge in [0.25, 0.3) is 0 Å². The Balaban J connectivity index is 1.99. The van der Waals surface area contributed by atoms with Crippen molar-refractivity contribution < 1.29 is 9.26 Å². The molecule has 2 rings (SSSR count). The van der Waals surface area contributed by atoms with Gasteiger partial charge in [-0.05, 0) is 38.1 Å². The minimum Gasteiger partial charge on any atom is -0.376 e. The number of anilines is 1. The lowest BCUT2D eigenvalue weighted by molar-refractivity contribution is 0.00973. The predicted octanol–water partition coefficient (Wildman–Crippen LogP) is 3.22. The average Bonchev–Trinajstić information content (AvgIpc) is 2.88. The van der Waals surface area contributed by atoms with Crippen LogP contribution in [0.5, 0.6) is 0 Å². The summed E-state index contributed by atoms with van der Waals surface area (Å²) in [6, 6.07) is 7.41. The van der Waals surface area contributed by atoms with Crippen LogP contribution in [0.3, 0.4) is 0 Å². The van der Waals surface area contributed by atoms with Gasteiger partial charge in [0.05, 0.1) is 6.54 Å². The van der Waals surface area contributed by atoms with E-state index in [1.54, 1.807) is 7.11 Å². The van der Waals surface area contributed by atoms with Gasteiger partial charge in [0.15, 0.2) is 0 Å². The summed E-state index contributed by atoms with van der Waals surface area (Å²) in [4.78, 5) is 4.29. The maximum absolute atomic E-state index is 5.82. The summed E-state index contributed by atoms with van der Waals surface area (Å²) in [7, 11) is 1.61. The lowest BCUT2D eigenvalue weighted by Crippen LogP contribution is -2.21. The standard InChI is InChI=1S/C13H16ClN3O2/c1-13(2,18-3)12-16-11(19-17-12)8-15-10-6-4-9(14)5-7-10/h4-7,15H,8H2,1-3H3. The van der Waals surface area contributed by atoms with E-state index in [0.29, 0.717) is 23.3 Å². The Hall–Kier alpha value is -1.59. The van der Waals surface area contributed by atoms with E-state index in [4.69, 9.17) is 20.9 Å². The summed E-state index contributed by atoms with van der Waals surface area (Å²) < 4.78 is 10.5. The first-order valence-corrected chi connectivity index (χ1v) is 6.27. The van der Waals surface area contributed by atoms with Crippen molar-refractivity contribution in [2.75, 3.05) is 12.4 Å². The number of hydrogen-bond donors (Lipinski definition) is 1. The van der Waals surface area contributed by atoms with Crippen LogP contribution in [-0.4, -0.2) is 17.3 Å². The second-order valence-electron chi connectivity index (χ2n) is 4.59. The van der Waals surface area contributed by atoms with Gasteiger partial charge in [-0.2, -0.15) is 4.98 Å². The number of nitrogens with one attached hydrogen (secondary N) is 1. The van der Waals surface area contributed by atoms with Gasteiger partial charge in [0, 0.05) is 17.8 Å². The molecule has 6 heteroatoms. The highest BCUT2D eigenvalue weighted by atomic mass is 35.5. The number of methoxy groups -OCH3 is 1. The number of halogens is 1. The molecule has 2 aromatic rings. The molecule has 5 nitrogen and oxygen atoms in total. The predicted molar refractivity (Wildman–Crippen MR) is 73.1 cm³/mol. The molecule has 0 aliphatic rings. The van der Waals surface area contributed by atoms with Crippen LogP contribution in [0, 0.1) is 0 Å². The van der Waals surface area contributed by atoms with E-state index in [1.165, 1.54) is 0 Å². The van der Waals surface area contributed by atoms with Gasteiger partial charge in [-0.15, -0.1) is 0 Å². The number of benzene rings is 1. The topological polar surface area (TPSA) is 60.2 Å². The van der Waals surface area contributed by atoms with Crippen LogP contribution in [0.1, 0.15) is 25.6 Å². The Kier molecular flexibility index (Phi) is 4.07. The van der Waals surface area contributed by atoms with E-state index in [2.05, 4.69) is 15.5 Å². The first-order valence-electron chi connectivity index (χ1n) is 5.89. The Morgan fingerprint density at radius 2 is 2.00 bits per heavy atom. The zero-order valence-corrected chi connectivity index (χ0v) is 11.9. The molecule has 1 aromatic heterocycles. The molecule has 0 amide bonds. The van der Waals surface area contributed by atoms with Crippen LogP contribution in [0.25, 0.3) is 0 Å². The molecule has 0 radical (unpaired) electrons. The van der Waals surface area contributed by atoms with E-state index >= 15 is 0 Å². The first kappa shape index (κ1) is 13.8. The second-order valence-corrected chi connectivity index (χ2v) is 5.02. The molecule has 0 aliphatic heterocycles. The lowest BCUT2D eigenvalue weighted by atomic mass is 10.1. The van der Waals surface area contributed by atoms with Crippen molar-refractivity contribution in [3.05, 3.63) is 41.0 Å². The van der Waals surface area contributed by atoms with Crippen LogP contribution in [0.15, 0.2) is 28.8 Å². The van der Waals surface area contributed by atoms with E-state index in [9.17, 15) is 0 Å². The fourth-order valence-corrected chi connectivity index (χ4v) is 1.53.